The van der Waals surface area contributed by atoms with Crippen molar-refractivity contribution in [2.24, 2.45) is 0 Å². The third-order valence-electron chi connectivity index (χ3n) is 2.74. The Kier molecular flexibility index (Phi) is 5.31. The summed E-state index contributed by atoms with van der Waals surface area (Å²) in [6, 6.07) is 0. The third-order valence-corrected chi connectivity index (χ3v) is 2.91. The van der Waals surface area contributed by atoms with Crippen molar-refractivity contribution in [3.05, 3.63) is 5.28 Å². The molecule has 0 atom stereocenters. The van der Waals surface area contributed by atoms with Crippen LogP contribution in [0.4, 0.5) is 11.9 Å². The molecule has 8 nitrogen and oxygen atoms in total. The van der Waals surface area contributed by atoms with Gasteiger partial charge in [-0.3, -0.25) is 4.79 Å². The van der Waals surface area contributed by atoms with Crippen molar-refractivity contribution in [3.8, 4) is 0 Å². The van der Waals surface area contributed by atoms with E-state index in [9.17, 15) is 4.79 Å². The first-order valence-electron chi connectivity index (χ1n) is 6.35. The molecule has 2 rings (SSSR count). The summed E-state index contributed by atoms with van der Waals surface area (Å²) in [6.07, 6.45) is 0.591. The Hall–Kier alpha value is -1.67. The van der Waals surface area contributed by atoms with Crippen molar-refractivity contribution >= 4 is 29.5 Å². The average Bonchev–Trinajstić information content (AvgIpc) is 2.44. The number of rotatable bonds is 6. The van der Waals surface area contributed by atoms with E-state index >= 15 is 0 Å². The van der Waals surface area contributed by atoms with E-state index in [1.54, 1.807) is 0 Å². The molecule has 2 heterocycles. The molecule has 1 aromatic heterocycles. The Bertz CT molecular complexity index is 467. The number of aromatic nitrogens is 3. The van der Waals surface area contributed by atoms with Gasteiger partial charge in [-0.05, 0) is 18.0 Å². The van der Waals surface area contributed by atoms with Gasteiger partial charge >= 0.3 is 5.97 Å². The fourth-order valence-electron chi connectivity index (χ4n) is 1.76. The van der Waals surface area contributed by atoms with Crippen molar-refractivity contribution < 1.29 is 14.6 Å². The van der Waals surface area contributed by atoms with Crippen LogP contribution in [0.15, 0.2) is 0 Å². The lowest BCUT2D eigenvalue weighted by atomic mass is 10.3. The normalized spacial score (nSPS) is 15.2. The largest absolute Gasteiger partial charge is 0.481 e. The first-order valence-corrected chi connectivity index (χ1v) is 6.73. The molecule has 110 valence electrons. The van der Waals surface area contributed by atoms with Crippen molar-refractivity contribution in [2.75, 3.05) is 43.1 Å². The zero-order valence-corrected chi connectivity index (χ0v) is 11.6. The van der Waals surface area contributed by atoms with Crippen molar-refractivity contribution in [1.29, 1.82) is 0 Å². The fraction of sp³-hybridized carbons (Fsp3) is 0.636. The molecule has 0 saturated carbocycles. The van der Waals surface area contributed by atoms with Crippen molar-refractivity contribution in [1.82, 2.24) is 15.0 Å². The monoisotopic (exact) mass is 301 g/mol. The van der Waals surface area contributed by atoms with Gasteiger partial charge in [0.05, 0.1) is 13.2 Å². The smallest absolute Gasteiger partial charge is 0.303 e. The van der Waals surface area contributed by atoms with Crippen LogP contribution < -0.4 is 10.2 Å². The molecule has 1 aliphatic heterocycles. The van der Waals surface area contributed by atoms with E-state index in [4.69, 9.17) is 21.4 Å². The van der Waals surface area contributed by atoms with Crippen LogP contribution in [0, 0.1) is 0 Å². The summed E-state index contributed by atoms with van der Waals surface area (Å²) in [5.41, 5.74) is 0. The van der Waals surface area contributed by atoms with Gasteiger partial charge in [-0.2, -0.15) is 15.0 Å². The van der Waals surface area contributed by atoms with Gasteiger partial charge in [0.1, 0.15) is 0 Å². The topological polar surface area (TPSA) is 100 Å². The molecule has 0 bridgehead atoms. The summed E-state index contributed by atoms with van der Waals surface area (Å²) in [7, 11) is 0. The first kappa shape index (κ1) is 14.7. The molecule has 0 radical (unpaired) electrons. The second-order valence-corrected chi connectivity index (χ2v) is 4.59. The van der Waals surface area contributed by atoms with Gasteiger partial charge in [-0.1, -0.05) is 0 Å². The Morgan fingerprint density at radius 3 is 2.80 bits per heavy atom. The highest BCUT2D eigenvalue weighted by Gasteiger charge is 2.15. The van der Waals surface area contributed by atoms with Crippen LogP contribution in [0.3, 0.4) is 0 Å². The van der Waals surface area contributed by atoms with E-state index in [2.05, 4.69) is 20.3 Å². The lowest BCUT2D eigenvalue weighted by molar-refractivity contribution is -0.137. The maximum Gasteiger partial charge on any atom is 0.303 e. The minimum Gasteiger partial charge on any atom is -0.481 e. The maximum absolute atomic E-state index is 10.4. The number of ether oxygens (including phenoxy) is 1. The molecule has 1 fully saturated rings. The Morgan fingerprint density at radius 1 is 1.35 bits per heavy atom. The molecule has 20 heavy (non-hydrogen) atoms. The lowest BCUT2D eigenvalue weighted by Crippen LogP contribution is -2.37. The summed E-state index contributed by atoms with van der Waals surface area (Å²) in [6.45, 7) is 3.14. The standard InChI is InChI=1S/C11H16ClN5O3/c12-9-14-10(13-3-1-2-8(18)19)16-11(15-9)17-4-6-20-7-5-17/h1-7H2,(H,18,19)(H,13,14,15,16). The molecule has 0 aromatic carbocycles. The number of aliphatic carboxylic acids is 1. The van der Waals surface area contributed by atoms with Gasteiger partial charge in [0, 0.05) is 26.1 Å². The van der Waals surface area contributed by atoms with E-state index in [-0.39, 0.29) is 11.7 Å². The quantitative estimate of drug-likeness (QED) is 0.738. The zero-order chi connectivity index (χ0) is 14.4. The van der Waals surface area contributed by atoms with Crippen LogP contribution in [0.1, 0.15) is 12.8 Å². The summed E-state index contributed by atoms with van der Waals surface area (Å²) in [5, 5.41) is 11.6. The van der Waals surface area contributed by atoms with Gasteiger partial charge in [0.2, 0.25) is 17.2 Å². The number of halogens is 1. The van der Waals surface area contributed by atoms with E-state index in [1.807, 2.05) is 4.90 Å². The predicted octanol–water partition coefficient (Wildman–Crippen LogP) is 0.638. The summed E-state index contributed by atoms with van der Waals surface area (Å²) in [4.78, 5) is 24.7. The molecule has 1 aliphatic rings. The average molecular weight is 302 g/mol. The Balaban J connectivity index is 1.95. The molecule has 0 spiro atoms. The van der Waals surface area contributed by atoms with Gasteiger partial charge in [0.25, 0.3) is 0 Å². The van der Waals surface area contributed by atoms with Gasteiger partial charge in [-0.25, -0.2) is 0 Å². The maximum atomic E-state index is 10.4. The second kappa shape index (κ2) is 7.20. The fourth-order valence-corrected chi connectivity index (χ4v) is 1.92. The molecule has 1 aromatic rings. The van der Waals surface area contributed by atoms with Crippen molar-refractivity contribution in [3.63, 3.8) is 0 Å². The molecule has 1 saturated heterocycles. The molecule has 0 aliphatic carbocycles. The number of anilines is 2. The predicted molar refractivity (Wildman–Crippen MR) is 73.2 cm³/mol. The van der Waals surface area contributed by atoms with E-state index < -0.39 is 5.97 Å². The third kappa shape index (κ3) is 4.46. The van der Waals surface area contributed by atoms with Gasteiger partial charge in [0.15, 0.2) is 0 Å². The number of nitrogens with zero attached hydrogens (tertiary/aromatic N) is 4. The minimum atomic E-state index is -0.825. The number of hydrogen-bond donors (Lipinski definition) is 2. The number of morpholine rings is 1. The molecular formula is C11H16ClN5O3. The van der Waals surface area contributed by atoms with Crippen LogP contribution in [-0.2, 0) is 9.53 Å². The number of carbonyl (C=O) groups is 1. The van der Waals surface area contributed by atoms with E-state index in [0.29, 0.717) is 51.2 Å². The number of carboxylic acids is 1. The molecular weight excluding hydrogens is 286 g/mol. The summed E-state index contributed by atoms with van der Waals surface area (Å²) in [5.74, 6) is 0.0420. The van der Waals surface area contributed by atoms with Crippen LogP contribution in [0.25, 0.3) is 0 Å². The Labute approximate surface area is 121 Å². The minimum absolute atomic E-state index is 0.0993. The highest BCUT2D eigenvalue weighted by atomic mass is 35.5. The van der Waals surface area contributed by atoms with Gasteiger partial charge < -0.3 is 20.1 Å². The zero-order valence-electron chi connectivity index (χ0n) is 10.9. The van der Waals surface area contributed by atoms with Crippen LogP contribution in [-0.4, -0.2) is 58.9 Å². The number of nitrogens with one attached hydrogen (secondary N) is 1. The second-order valence-electron chi connectivity index (χ2n) is 4.25. The Morgan fingerprint density at radius 2 is 2.10 bits per heavy atom. The molecule has 0 amide bonds. The van der Waals surface area contributed by atoms with Gasteiger partial charge in [-0.15, -0.1) is 0 Å². The van der Waals surface area contributed by atoms with Crippen molar-refractivity contribution in [2.45, 2.75) is 12.8 Å². The summed E-state index contributed by atoms with van der Waals surface area (Å²) < 4.78 is 5.27. The highest BCUT2D eigenvalue weighted by Crippen LogP contribution is 2.15. The van der Waals surface area contributed by atoms with Crippen LogP contribution in [0.5, 0.6) is 0 Å². The first-order chi connectivity index (χ1) is 9.65. The lowest BCUT2D eigenvalue weighted by Gasteiger charge is -2.26. The molecule has 9 heteroatoms. The molecule has 2 N–H and O–H groups in total. The SMILES string of the molecule is O=C(O)CCCNc1nc(Cl)nc(N2CCOCC2)n1. The van der Waals surface area contributed by atoms with E-state index in [0.717, 1.165) is 0 Å². The molecule has 0 unspecified atom stereocenters. The number of hydrogen-bond acceptors (Lipinski definition) is 7. The van der Waals surface area contributed by atoms with Crippen LogP contribution >= 0.6 is 11.6 Å². The van der Waals surface area contributed by atoms with E-state index in [1.165, 1.54) is 0 Å². The number of carboxylic acid groups (broad SMARTS) is 1. The summed E-state index contributed by atoms with van der Waals surface area (Å²) >= 11 is 5.88. The van der Waals surface area contributed by atoms with Crippen LogP contribution in [0.2, 0.25) is 5.28 Å². The highest BCUT2D eigenvalue weighted by molar-refractivity contribution is 6.28.